The van der Waals surface area contributed by atoms with Gasteiger partial charge in [0, 0.05) is 19.4 Å². The Morgan fingerprint density at radius 2 is 2.29 bits per heavy atom. The SMILES string of the molecule is CCn1ncc(NC(=O)CCCc2nc(-c3ccco3)no2)c1C. The first kappa shape index (κ1) is 16.0. The average Bonchev–Trinajstić information content (AvgIpc) is 3.29. The molecule has 0 aliphatic carbocycles. The fourth-order valence-corrected chi connectivity index (χ4v) is 2.36. The Morgan fingerprint density at radius 3 is 3.00 bits per heavy atom. The van der Waals surface area contributed by atoms with Gasteiger partial charge in [-0.3, -0.25) is 9.48 Å². The molecule has 0 aliphatic heterocycles. The fourth-order valence-electron chi connectivity index (χ4n) is 2.36. The Balaban J connectivity index is 1.47. The third-order valence-electron chi connectivity index (χ3n) is 3.68. The predicted molar refractivity (Wildman–Crippen MR) is 86.2 cm³/mol. The predicted octanol–water partition coefficient (Wildman–Crippen LogP) is 2.82. The first-order chi connectivity index (χ1) is 11.7. The molecule has 0 atom stereocenters. The molecule has 24 heavy (non-hydrogen) atoms. The van der Waals surface area contributed by atoms with Crippen LogP contribution in [0.15, 0.2) is 33.5 Å². The van der Waals surface area contributed by atoms with Crippen LogP contribution in [0.25, 0.3) is 11.6 Å². The summed E-state index contributed by atoms with van der Waals surface area (Å²) in [6.07, 6.45) is 4.75. The monoisotopic (exact) mass is 329 g/mol. The van der Waals surface area contributed by atoms with Gasteiger partial charge in [0.15, 0.2) is 5.76 Å². The van der Waals surface area contributed by atoms with Crippen LogP contribution < -0.4 is 5.32 Å². The lowest BCUT2D eigenvalue weighted by Crippen LogP contribution is -2.12. The van der Waals surface area contributed by atoms with Crippen molar-refractivity contribution in [2.75, 3.05) is 5.32 Å². The number of carbonyl (C=O) groups excluding carboxylic acids is 1. The second kappa shape index (κ2) is 7.12. The smallest absolute Gasteiger partial charge is 0.238 e. The van der Waals surface area contributed by atoms with Gasteiger partial charge < -0.3 is 14.3 Å². The molecule has 0 bridgehead atoms. The maximum atomic E-state index is 12.0. The van der Waals surface area contributed by atoms with E-state index in [9.17, 15) is 4.79 Å². The molecule has 8 nitrogen and oxygen atoms in total. The molecule has 0 saturated heterocycles. The van der Waals surface area contributed by atoms with Crippen molar-refractivity contribution in [2.24, 2.45) is 0 Å². The van der Waals surface area contributed by atoms with Gasteiger partial charge in [0.1, 0.15) is 0 Å². The number of nitrogens with zero attached hydrogens (tertiary/aromatic N) is 4. The summed E-state index contributed by atoms with van der Waals surface area (Å²) in [6, 6.07) is 3.53. The van der Waals surface area contributed by atoms with Gasteiger partial charge >= 0.3 is 0 Å². The number of hydrogen-bond donors (Lipinski definition) is 1. The molecule has 3 rings (SSSR count). The zero-order valence-corrected chi connectivity index (χ0v) is 13.7. The van der Waals surface area contributed by atoms with Crippen LogP contribution in [0.3, 0.4) is 0 Å². The van der Waals surface area contributed by atoms with Crippen molar-refractivity contribution < 1.29 is 13.7 Å². The molecule has 3 heterocycles. The van der Waals surface area contributed by atoms with Gasteiger partial charge in [0.25, 0.3) is 0 Å². The lowest BCUT2D eigenvalue weighted by molar-refractivity contribution is -0.116. The molecule has 3 aromatic heterocycles. The summed E-state index contributed by atoms with van der Waals surface area (Å²) in [7, 11) is 0. The number of furan rings is 1. The third kappa shape index (κ3) is 3.53. The highest BCUT2D eigenvalue weighted by atomic mass is 16.5. The summed E-state index contributed by atoms with van der Waals surface area (Å²) >= 11 is 0. The van der Waals surface area contributed by atoms with Gasteiger partial charge in [0.05, 0.1) is 23.8 Å². The molecule has 1 amide bonds. The van der Waals surface area contributed by atoms with Crippen LogP contribution in [0.5, 0.6) is 0 Å². The van der Waals surface area contributed by atoms with Gasteiger partial charge in [-0.15, -0.1) is 0 Å². The molecule has 3 aromatic rings. The van der Waals surface area contributed by atoms with E-state index >= 15 is 0 Å². The normalized spacial score (nSPS) is 10.9. The van der Waals surface area contributed by atoms with Crippen molar-refractivity contribution in [1.82, 2.24) is 19.9 Å². The quantitative estimate of drug-likeness (QED) is 0.715. The molecular weight excluding hydrogens is 310 g/mol. The molecule has 8 heteroatoms. The van der Waals surface area contributed by atoms with Gasteiger partial charge in [-0.25, -0.2) is 0 Å². The summed E-state index contributed by atoms with van der Waals surface area (Å²) in [5.74, 6) is 1.41. The van der Waals surface area contributed by atoms with Crippen molar-refractivity contribution in [3.05, 3.63) is 36.2 Å². The molecule has 126 valence electrons. The number of carbonyl (C=O) groups is 1. The lowest BCUT2D eigenvalue weighted by Gasteiger charge is -2.04. The zero-order chi connectivity index (χ0) is 16.9. The molecule has 0 radical (unpaired) electrons. The topological polar surface area (TPSA) is 99.0 Å². The second-order valence-electron chi connectivity index (χ2n) is 5.35. The number of rotatable bonds is 7. The van der Waals surface area contributed by atoms with E-state index in [2.05, 4.69) is 20.6 Å². The highest BCUT2D eigenvalue weighted by Gasteiger charge is 2.12. The summed E-state index contributed by atoms with van der Waals surface area (Å²) in [6.45, 7) is 4.71. The van der Waals surface area contributed by atoms with E-state index < -0.39 is 0 Å². The molecule has 0 saturated carbocycles. The second-order valence-corrected chi connectivity index (χ2v) is 5.35. The van der Waals surface area contributed by atoms with E-state index in [0.29, 0.717) is 36.7 Å². The lowest BCUT2D eigenvalue weighted by atomic mass is 10.2. The van der Waals surface area contributed by atoms with Gasteiger partial charge in [-0.05, 0) is 32.4 Å². The van der Waals surface area contributed by atoms with E-state index in [4.69, 9.17) is 8.94 Å². The highest BCUT2D eigenvalue weighted by Crippen LogP contribution is 2.17. The van der Waals surface area contributed by atoms with Crippen molar-refractivity contribution in [3.63, 3.8) is 0 Å². The summed E-state index contributed by atoms with van der Waals surface area (Å²) < 4.78 is 12.2. The highest BCUT2D eigenvalue weighted by molar-refractivity contribution is 5.91. The fraction of sp³-hybridized carbons (Fsp3) is 0.375. The van der Waals surface area contributed by atoms with E-state index in [1.807, 2.05) is 18.5 Å². The Hall–Kier alpha value is -2.90. The number of nitrogens with one attached hydrogen (secondary N) is 1. The van der Waals surface area contributed by atoms with Gasteiger partial charge in [-0.2, -0.15) is 10.1 Å². The van der Waals surface area contributed by atoms with Crippen molar-refractivity contribution in [3.8, 4) is 11.6 Å². The number of hydrogen-bond acceptors (Lipinski definition) is 6. The number of aryl methyl sites for hydroxylation is 2. The van der Waals surface area contributed by atoms with E-state index in [1.165, 1.54) is 0 Å². The summed E-state index contributed by atoms with van der Waals surface area (Å²) in [4.78, 5) is 16.3. The zero-order valence-electron chi connectivity index (χ0n) is 13.7. The van der Waals surface area contributed by atoms with E-state index in [0.717, 1.165) is 17.9 Å². The Morgan fingerprint density at radius 1 is 1.42 bits per heavy atom. The van der Waals surface area contributed by atoms with Crippen LogP contribution in [0.1, 0.15) is 31.4 Å². The van der Waals surface area contributed by atoms with E-state index in [-0.39, 0.29) is 5.91 Å². The molecule has 0 spiro atoms. The number of anilines is 1. The van der Waals surface area contributed by atoms with Crippen LogP contribution in [-0.2, 0) is 17.8 Å². The van der Waals surface area contributed by atoms with Crippen molar-refractivity contribution >= 4 is 11.6 Å². The van der Waals surface area contributed by atoms with Crippen molar-refractivity contribution in [1.29, 1.82) is 0 Å². The molecule has 0 unspecified atom stereocenters. The van der Waals surface area contributed by atoms with Crippen LogP contribution in [-0.4, -0.2) is 25.8 Å². The summed E-state index contributed by atoms with van der Waals surface area (Å²) in [5.41, 5.74) is 1.70. The minimum Gasteiger partial charge on any atom is -0.461 e. The Bertz CT molecular complexity index is 804. The first-order valence-electron chi connectivity index (χ1n) is 7.86. The number of amides is 1. The van der Waals surface area contributed by atoms with Crippen LogP contribution >= 0.6 is 0 Å². The van der Waals surface area contributed by atoms with E-state index in [1.54, 1.807) is 24.6 Å². The minimum absolute atomic E-state index is 0.0560. The first-order valence-corrected chi connectivity index (χ1v) is 7.86. The van der Waals surface area contributed by atoms with Crippen LogP contribution in [0, 0.1) is 6.92 Å². The molecular formula is C16H19N5O3. The summed E-state index contributed by atoms with van der Waals surface area (Å²) in [5, 5.41) is 10.9. The molecule has 1 N–H and O–H groups in total. The van der Waals surface area contributed by atoms with Gasteiger partial charge in [0.2, 0.25) is 17.6 Å². The maximum absolute atomic E-state index is 12.0. The van der Waals surface area contributed by atoms with Crippen LogP contribution in [0.4, 0.5) is 5.69 Å². The van der Waals surface area contributed by atoms with Crippen LogP contribution in [0.2, 0.25) is 0 Å². The average molecular weight is 329 g/mol. The largest absolute Gasteiger partial charge is 0.461 e. The molecule has 0 aliphatic rings. The Kier molecular flexibility index (Phi) is 4.74. The molecule has 0 aromatic carbocycles. The minimum atomic E-state index is -0.0560. The number of aromatic nitrogens is 4. The van der Waals surface area contributed by atoms with Gasteiger partial charge in [-0.1, -0.05) is 5.16 Å². The van der Waals surface area contributed by atoms with Crippen molar-refractivity contribution in [2.45, 2.75) is 39.7 Å². The maximum Gasteiger partial charge on any atom is 0.238 e. The Labute approximate surface area is 138 Å². The molecule has 0 fully saturated rings. The third-order valence-corrected chi connectivity index (χ3v) is 3.68. The standard InChI is InChI=1S/C16H19N5O3/c1-3-21-11(2)12(10-17-21)18-14(22)7-4-8-15-19-16(20-24-15)13-6-5-9-23-13/h5-6,9-10H,3-4,7-8H2,1-2H3,(H,18,22).